The quantitative estimate of drug-likeness (QED) is 0.743. The summed E-state index contributed by atoms with van der Waals surface area (Å²) in [4.78, 5) is 4.15. The highest BCUT2D eigenvalue weighted by molar-refractivity contribution is 9.10. The summed E-state index contributed by atoms with van der Waals surface area (Å²) in [5, 5.41) is 11.1. The van der Waals surface area contributed by atoms with Gasteiger partial charge in [-0.2, -0.15) is 0 Å². The van der Waals surface area contributed by atoms with E-state index >= 15 is 0 Å². The van der Waals surface area contributed by atoms with Gasteiger partial charge in [-0.05, 0) is 57.7 Å². The summed E-state index contributed by atoms with van der Waals surface area (Å²) in [6, 6.07) is 11.1. The van der Waals surface area contributed by atoms with Crippen molar-refractivity contribution in [1.82, 2.24) is 4.98 Å². The Balaban J connectivity index is 2.05. The van der Waals surface area contributed by atoms with Crippen molar-refractivity contribution >= 4 is 26.7 Å². The molecular weight excluding hydrogens is 325 g/mol. The molecule has 0 fully saturated rings. The zero-order chi connectivity index (χ0) is 14.1. The number of benzene rings is 2. The second-order valence-electron chi connectivity index (χ2n) is 4.20. The number of fused-ring (bicyclic) bond motifs is 1. The van der Waals surface area contributed by atoms with E-state index in [0.29, 0.717) is 21.5 Å². The maximum atomic E-state index is 13.2. The Morgan fingerprint density at radius 2 is 1.95 bits per heavy atom. The van der Waals surface area contributed by atoms with Crippen LogP contribution in [-0.4, -0.2) is 10.1 Å². The molecule has 0 unspecified atom stereocenters. The van der Waals surface area contributed by atoms with Crippen LogP contribution < -0.4 is 4.74 Å². The lowest BCUT2D eigenvalue weighted by Gasteiger charge is -2.08. The number of phenols is 1. The molecule has 0 aliphatic heterocycles. The second-order valence-corrected chi connectivity index (χ2v) is 5.05. The van der Waals surface area contributed by atoms with Crippen molar-refractivity contribution in [3.05, 3.63) is 59.0 Å². The van der Waals surface area contributed by atoms with Crippen LogP contribution in [0.5, 0.6) is 17.4 Å². The third kappa shape index (κ3) is 2.44. The van der Waals surface area contributed by atoms with Gasteiger partial charge < -0.3 is 9.84 Å². The molecule has 0 aliphatic rings. The van der Waals surface area contributed by atoms with Crippen LogP contribution in [0.4, 0.5) is 4.39 Å². The van der Waals surface area contributed by atoms with Gasteiger partial charge in [-0.3, -0.25) is 0 Å². The number of phenolic OH excluding ortho intramolecular Hbond substituents is 1. The molecule has 5 heteroatoms. The van der Waals surface area contributed by atoms with E-state index in [-0.39, 0.29) is 11.6 Å². The van der Waals surface area contributed by atoms with Crippen LogP contribution in [-0.2, 0) is 0 Å². The minimum absolute atomic E-state index is 0.135. The van der Waals surface area contributed by atoms with Gasteiger partial charge in [0.25, 0.3) is 0 Å². The van der Waals surface area contributed by atoms with Crippen molar-refractivity contribution in [2.45, 2.75) is 0 Å². The summed E-state index contributed by atoms with van der Waals surface area (Å²) in [5.41, 5.74) is 0. The summed E-state index contributed by atoms with van der Waals surface area (Å²) in [5.74, 6) is 0.593. The van der Waals surface area contributed by atoms with E-state index in [1.807, 2.05) is 6.07 Å². The molecule has 20 heavy (non-hydrogen) atoms. The van der Waals surface area contributed by atoms with Gasteiger partial charge in [-0.25, -0.2) is 9.37 Å². The molecule has 2 aromatic carbocycles. The Labute approximate surface area is 122 Å². The molecule has 0 spiro atoms. The number of hydrogen-bond donors (Lipinski definition) is 1. The zero-order valence-corrected chi connectivity index (χ0v) is 11.8. The smallest absolute Gasteiger partial charge is 0.227 e. The van der Waals surface area contributed by atoms with Gasteiger partial charge in [0.2, 0.25) is 5.88 Å². The Bertz CT molecular complexity index is 792. The first-order valence-electron chi connectivity index (χ1n) is 5.84. The molecular formula is C15H9BrFNO2. The largest absolute Gasteiger partial charge is 0.508 e. The SMILES string of the molecule is Oc1ccc2ccnc(Oc3ccc(F)c(Br)c3)c2c1. The highest BCUT2D eigenvalue weighted by Gasteiger charge is 2.07. The molecule has 3 nitrogen and oxygen atoms in total. The normalized spacial score (nSPS) is 10.7. The Morgan fingerprint density at radius 3 is 2.75 bits per heavy atom. The van der Waals surface area contributed by atoms with E-state index in [1.54, 1.807) is 24.4 Å². The molecule has 1 aromatic heterocycles. The van der Waals surface area contributed by atoms with Crippen LogP contribution in [0.2, 0.25) is 0 Å². The molecule has 0 aliphatic carbocycles. The fourth-order valence-corrected chi connectivity index (χ4v) is 2.22. The van der Waals surface area contributed by atoms with Crippen LogP contribution in [0.3, 0.4) is 0 Å². The highest BCUT2D eigenvalue weighted by Crippen LogP contribution is 2.31. The first-order chi connectivity index (χ1) is 9.63. The minimum atomic E-state index is -0.360. The van der Waals surface area contributed by atoms with E-state index < -0.39 is 0 Å². The van der Waals surface area contributed by atoms with Crippen molar-refractivity contribution in [1.29, 1.82) is 0 Å². The molecule has 0 saturated heterocycles. The van der Waals surface area contributed by atoms with Gasteiger partial charge in [0.05, 0.1) is 4.47 Å². The van der Waals surface area contributed by atoms with Crippen molar-refractivity contribution in [3.8, 4) is 17.4 Å². The van der Waals surface area contributed by atoms with Crippen molar-refractivity contribution in [3.63, 3.8) is 0 Å². The molecule has 0 atom stereocenters. The summed E-state index contributed by atoms with van der Waals surface area (Å²) in [6.07, 6.45) is 1.62. The van der Waals surface area contributed by atoms with Crippen LogP contribution in [0.25, 0.3) is 10.8 Å². The maximum Gasteiger partial charge on any atom is 0.227 e. The third-order valence-electron chi connectivity index (χ3n) is 2.82. The predicted octanol–water partition coefficient (Wildman–Crippen LogP) is 4.63. The van der Waals surface area contributed by atoms with Crippen LogP contribution in [0.1, 0.15) is 0 Å². The summed E-state index contributed by atoms with van der Waals surface area (Å²) in [7, 11) is 0. The topological polar surface area (TPSA) is 42.4 Å². The van der Waals surface area contributed by atoms with Crippen molar-refractivity contribution < 1.29 is 14.2 Å². The predicted molar refractivity (Wildman–Crippen MR) is 77.6 cm³/mol. The Morgan fingerprint density at radius 1 is 1.10 bits per heavy atom. The minimum Gasteiger partial charge on any atom is -0.508 e. The highest BCUT2D eigenvalue weighted by atomic mass is 79.9. The molecule has 0 amide bonds. The average molecular weight is 334 g/mol. The number of ether oxygens (including phenoxy) is 1. The fraction of sp³-hybridized carbons (Fsp3) is 0. The van der Waals surface area contributed by atoms with Gasteiger partial charge in [0.1, 0.15) is 17.3 Å². The molecule has 100 valence electrons. The van der Waals surface area contributed by atoms with E-state index in [9.17, 15) is 9.50 Å². The van der Waals surface area contributed by atoms with Crippen molar-refractivity contribution in [2.24, 2.45) is 0 Å². The van der Waals surface area contributed by atoms with Gasteiger partial charge in [0, 0.05) is 11.6 Å². The lowest BCUT2D eigenvalue weighted by atomic mass is 10.1. The van der Waals surface area contributed by atoms with Crippen LogP contribution in [0.15, 0.2) is 53.1 Å². The van der Waals surface area contributed by atoms with E-state index in [4.69, 9.17) is 4.74 Å². The number of aromatic hydroxyl groups is 1. The molecule has 0 radical (unpaired) electrons. The average Bonchev–Trinajstić information content (AvgIpc) is 2.44. The number of halogens is 2. The van der Waals surface area contributed by atoms with Gasteiger partial charge in [-0.15, -0.1) is 0 Å². The number of hydrogen-bond acceptors (Lipinski definition) is 3. The van der Waals surface area contributed by atoms with E-state index in [2.05, 4.69) is 20.9 Å². The molecule has 0 saturated carbocycles. The zero-order valence-electron chi connectivity index (χ0n) is 10.2. The number of rotatable bonds is 2. The molecule has 0 bridgehead atoms. The fourth-order valence-electron chi connectivity index (χ4n) is 1.86. The first-order valence-corrected chi connectivity index (χ1v) is 6.63. The van der Waals surface area contributed by atoms with E-state index in [1.165, 1.54) is 18.2 Å². The second kappa shape index (κ2) is 5.09. The lowest BCUT2D eigenvalue weighted by molar-refractivity contribution is 0.463. The van der Waals surface area contributed by atoms with Crippen molar-refractivity contribution in [2.75, 3.05) is 0 Å². The Kier molecular flexibility index (Phi) is 3.28. The molecule has 1 N–H and O–H groups in total. The van der Waals surface area contributed by atoms with Gasteiger partial charge >= 0.3 is 0 Å². The summed E-state index contributed by atoms with van der Waals surface area (Å²) in [6.45, 7) is 0. The maximum absolute atomic E-state index is 13.2. The van der Waals surface area contributed by atoms with Crippen LogP contribution >= 0.6 is 15.9 Å². The number of nitrogens with zero attached hydrogens (tertiary/aromatic N) is 1. The van der Waals surface area contributed by atoms with Gasteiger partial charge in [0.15, 0.2) is 0 Å². The monoisotopic (exact) mass is 333 g/mol. The summed E-state index contributed by atoms with van der Waals surface area (Å²) < 4.78 is 19.2. The molecule has 1 heterocycles. The molecule has 3 rings (SSSR count). The third-order valence-corrected chi connectivity index (χ3v) is 3.43. The van der Waals surface area contributed by atoms with Gasteiger partial charge in [-0.1, -0.05) is 6.07 Å². The standard InChI is InChI=1S/C15H9BrFNO2/c16-13-8-11(3-4-14(13)17)20-15-12-7-10(19)2-1-9(12)5-6-18-15/h1-8,19H. The lowest BCUT2D eigenvalue weighted by Crippen LogP contribution is -1.90. The number of pyridine rings is 1. The summed E-state index contributed by atoms with van der Waals surface area (Å²) >= 11 is 3.11. The Hall–Kier alpha value is -2.14. The first kappa shape index (κ1) is 12.9. The molecule has 3 aromatic rings. The van der Waals surface area contributed by atoms with Crippen LogP contribution in [0, 0.1) is 5.82 Å². The number of aromatic nitrogens is 1. The van der Waals surface area contributed by atoms with E-state index in [0.717, 1.165) is 5.39 Å².